The first-order chi connectivity index (χ1) is 12.5. The van der Waals surface area contributed by atoms with Gasteiger partial charge in [0.2, 0.25) is 0 Å². The Kier molecular flexibility index (Phi) is 9.33. The maximum atomic E-state index is 11.6. The molecule has 0 radical (unpaired) electrons. The van der Waals surface area contributed by atoms with Crippen LogP contribution in [0.4, 0.5) is 0 Å². The van der Waals surface area contributed by atoms with E-state index in [0.717, 1.165) is 5.56 Å². The fourth-order valence-electron chi connectivity index (χ4n) is 3.17. The van der Waals surface area contributed by atoms with E-state index >= 15 is 0 Å². The molecule has 0 spiro atoms. The lowest BCUT2D eigenvalue weighted by Crippen LogP contribution is -2.40. The second kappa shape index (κ2) is 11.2. The van der Waals surface area contributed by atoms with Gasteiger partial charge in [0.15, 0.2) is 0 Å². The van der Waals surface area contributed by atoms with Crippen molar-refractivity contribution in [3.8, 4) is 0 Å². The van der Waals surface area contributed by atoms with Crippen molar-refractivity contribution >= 4 is 29.5 Å². The summed E-state index contributed by atoms with van der Waals surface area (Å²) in [5.74, 6) is 2.08. The van der Waals surface area contributed by atoms with Crippen molar-refractivity contribution in [1.82, 2.24) is 0 Å². The minimum Gasteiger partial charge on any atom is -0.469 e. The number of aliphatic hydroxyl groups excluding tert-OH is 1. The zero-order valence-corrected chi connectivity index (χ0v) is 17.4. The van der Waals surface area contributed by atoms with E-state index in [1.165, 1.54) is 25.0 Å². The lowest BCUT2D eigenvalue weighted by atomic mass is 9.88. The first-order valence-corrected chi connectivity index (χ1v) is 11.3. The fourth-order valence-corrected chi connectivity index (χ4v) is 6.32. The SMILES string of the molecule is COC(=O)C[C@H](O)C(C)[C@H](OCc1ccccc1)[C@@H](C)C1SCCCS1. The average Bonchev–Trinajstić information content (AvgIpc) is 2.69. The van der Waals surface area contributed by atoms with E-state index in [1.54, 1.807) is 0 Å². The summed E-state index contributed by atoms with van der Waals surface area (Å²) in [6.45, 7) is 4.68. The van der Waals surface area contributed by atoms with E-state index < -0.39 is 6.10 Å². The summed E-state index contributed by atoms with van der Waals surface area (Å²) in [4.78, 5) is 11.6. The van der Waals surface area contributed by atoms with E-state index in [1.807, 2.05) is 60.8 Å². The molecule has 4 nitrogen and oxygen atoms in total. The molecule has 0 saturated carbocycles. The van der Waals surface area contributed by atoms with Crippen LogP contribution >= 0.6 is 23.5 Å². The van der Waals surface area contributed by atoms with Gasteiger partial charge in [-0.25, -0.2) is 0 Å². The Morgan fingerprint density at radius 1 is 1.23 bits per heavy atom. The van der Waals surface area contributed by atoms with Crippen molar-refractivity contribution in [3.05, 3.63) is 35.9 Å². The lowest BCUT2D eigenvalue weighted by Gasteiger charge is -2.37. The monoisotopic (exact) mass is 398 g/mol. The van der Waals surface area contributed by atoms with Crippen molar-refractivity contribution in [2.75, 3.05) is 18.6 Å². The smallest absolute Gasteiger partial charge is 0.308 e. The number of carbonyl (C=O) groups excluding carboxylic acids is 1. The Bertz CT molecular complexity index is 534. The summed E-state index contributed by atoms with van der Waals surface area (Å²) in [6.07, 6.45) is 0.344. The van der Waals surface area contributed by atoms with Crippen LogP contribution in [0.1, 0.15) is 32.3 Å². The van der Waals surface area contributed by atoms with Gasteiger partial charge in [0.1, 0.15) is 0 Å². The number of benzene rings is 1. The molecular weight excluding hydrogens is 368 g/mol. The number of methoxy groups -OCH3 is 1. The minimum absolute atomic E-state index is 0.000532. The minimum atomic E-state index is -0.774. The highest BCUT2D eigenvalue weighted by molar-refractivity contribution is 8.17. The fraction of sp³-hybridized carbons (Fsp3) is 0.650. The highest BCUT2D eigenvalue weighted by Gasteiger charge is 2.36. The molecule has 1 saturated heterocycles. The third-order valence-corrected chi connectivity index (χ3v) is 8.20. The quantitative estimate of drug-likeness (QED) is 0.636. The standard InChI is InChI=1S/C20H30O4S2/c1-14(17(21)12-18(22)23-3)19(15(2)20-25-10-7-11-26-20)24-13-16-8-5-4-6-9-16/h4-6,8-9,14-15,17,19-21H,7,10-13H2,1-3H3/t14?,15-,17+,19+/m1/s1. The molecule has 1 heterocycles. The molecule has 1 aromatic carbocycles. The van der Waals surface area contributed by atoms with Gasteiger partial charge in [0, 0.05) is 11.8 Å². The molecule has 1 aromatic rings. The molecule has 0 aromatic heterocycles. The predicted octanol–water partition coefficient (Wildman–Crippen LogP) is 3.96. The molecule has 1 N–H and O–H groups in total. The number of hydrogen-bond donors (Lipinski definition) is 1. The summed E-state index contributed by atoms with van der Waals surface area (Å²) in [5.41, 5.74) is 1.11. The summed E-state index contributed by atoms with van der Waals surface area (Å²) >= 11 is 3.96. The summed E-state index contributed by atoms with van der Waals surface area (Å²) in [5, 5.41) is 10.5. The molecule has 1 aliphatic heterocycles. The van der Waals surface area contributed by atoms with Gasteiger partial charge in [-0.3, -0.25) is 4.79 Å². The maximum absolute atomic E-state index is 11.6. The number of ether oxygens (including phenoxy) is 2. The molecular formula is C20H30O4S2. The molecule has 1 aliphatic rings. The molecule has 0 amide bonds. The van der Waals surface area contributed by atoms with Crippen molar-refractivity contribution in [2.24, 2.45) is 11.8 Å². The van der Waals surface area contributed by atoms with Crippen molar-refractivity contribution < 1.29 is 19.4 Å². The van der Waals surface area contributed by atoms with Crippen LogP contribution < -0.4 is 0 Å². The second-order valence-corrected chi connectivity index (χ2v) is 9.59. The van der Waals surface area contributed by atoms with Crippen LogP contribution in [0.2, 0.25) is 0 Å². The molecule has 26 heavy (non-hydrogen) atoms. The van der Waals surface area contributed by atoms with Gasteiger partial charge in [-0.2, -0.15) is 0 Å². The lowest BCUT2D eigenvalue weighted by molar-refractivity contribution is -0.145. The van der Waals surface area contributed by atoms with Gasteiger partial charge < -0.3 is 14.6 Å². The largest absolute Gasteiger partial charge is 0.469 e. The second-order valence-electron chi connectivity index (χ2n) is 6.79. The topological polar surface area (TPSA) is 55.8 Å². The van der Waals surface area contributed by atoms with E-state index in [2.05, 4.69) is 6.92 Å². The van der Waals surface area contributed by atoms with Gasteiger partial charge in [-0.05, 0) is 23.5 Å². The normalized spacial score (nSPS) is 20.2. The third kappa shape index (κ3) is 6.48. The van der Waals surface area contributed by atoms with E-state index in [4.69, 9.17) is 9.47 Å². The van der Waals surface area contributed by atoms with Gasteiger partial charge in [0.05, 0.1) is 36.9 Å². The summed E-state index contributed by atoms with van der Waals surface area (Å²) < 4.78 is 11.5. The Hall–Kier alpha value is -0.690. The van der Waals surface area contributed by atoms with Crippen LogP contribution in [0, 0.1) is 11.8 Å². The first kappa shape index (κ1) is 21.6. The summed E-state index contributed by atoms with van der Waals surface area (Å²) in [7, 11) is 1.35. The number of hydrogen-bond acceptors (Lipinski definition) is 6. The van der Waals surface area contributed by atoms with Crippen LogP contribution in [0.15, 0.2) is 30.3 Å². The molecule has 1 fully saturated rings. The molecule has 4 atom stereocenters. The van der Waals surface area contributed by atoms with E-state index in [0.29, 0.717) is 11.2 Å². The average molecular weight is 399 g/mol. The molecule has 6 heteroatoms. The summed E-state index contributed by atoms with van der Waals surface area (Å²) in [6, 6.07) is 10.1. The predicted molar refractivity (Wildman–Crippen MR) is 109 cm³/mol. The van der Waals surface area contributed by atoms with Crippen molar-refractivity contribution in [2.45, 2.75) is 50.1 Å². The van der Waals surface area contributed by atoms with Gasteiger partial charge >= 0.3 is 5.97 Å². The first-order valence-electron chi connectivity index (χ1n) is 9.16. The van der Waals surface area contributed by atoms with Crippen LogP contribution in [0.5, 0.6) is 0 Å². The molecule has 2 rings (SSSR count). The Morgan fingerprint density at radius 2 is 1.88 bits per heavy atom. The van der Waals surface area contributed by atoms with E-state index in [-0.39, 0.29) is 30.3 Å². The Labute approximate surface area is 165 Å². The molecule has 0 bridgehead atoms. The highest BCUT2D eigenvalue weighted by Crippen LogP contribution is 2.40. The van der Waals surface area contributed by atoms with Crippen LogP contribution in [-0.2, 0) is 20.9 Å². The van der Waals surface area contributed by atoms with Crippen LogP contribution in [0.3, 0.4) is 0 Å². The number of esters is 1. The zero-order valence-electron chi connectivity index (χ0n) is 15.8. The number of aliphatic hydroxyl groups is 1. The number of rotatable bonds is 9. The molecule has 0 aliphatic carbocycles. The van der Waals surface area contributed by atoms with Crippen molar-refractivity contribution in [1.29, 1.82) is 0 Å². The number of thioether (sulfide) groups is 2. The molecule has 146 valence electrons. The Balaban J connectivity index is 2.06. The van der Waals surface area contributed by atoms with Crippen molar-refractivity contribution in [3.63, 3.8) is 0 Å². The number of carbonyl (C=O) groups is 1. The maximum Gasteiger partial charge on any atom is 0.308 e. The van der Waals surface area contributed by atoms with Gasteiger partial charge in [0.25, 0.3) is 0 Å². The van der Waals surface area contributed by atoms with Gasteiger partial charge in [-0.15, -0.1) is 23.5 Å². The van der Waals surface area contributed by atoms with E-state index in [9.17, 15) is 9.90 Å². The van der Waals surface area contributed by atoms with Crippen LogP contribution in [-0.4, -0.2) is 46.5 Å². The van der Waals surface area contributed by atoms with Crippen LogP contribution in [0.25, 0.3) is 0 Å². The zero-order chi connectivity index (χ0) is 18.9. The highest BCUT2D eigenvalue weighted by atomic mass is 32.2. The Morgan fingerprint density at radius 3 is 2.50 bits per heavy atom. The van der Waals surface area contributed by atoms with Gasteiger partial charge in [-0.1, -0.05) is 44.2 Å². The molecule has 1 unspecified atom stereocenters. The third-order valence-electron chi connectivity index (χ3n) is 4.81.